The molecule has 0 spiro atoms. The maximum Gasteiger partial charge on any atom is 0.0980 e. The third kappa shape index (κ3) is 1.22. The summed E-state index contributed by atoms with van der Waals surface area (Å²) < 4.78 is 13.5. The lowest BCUT2D eigenvalue weighted by Crippen LogP contribution is -2.03. The summed E-state index contributed by atoms with van der Waals surface area (Å²) in [5.41, 5.74) is 2.16. The van der Waals surface area contributed by atoms with Crippen molar-refractivity contribution < 1.29 is 4.39 Å². The molecule has 1 heterocycles. The molecule has 3 heteroatoms. The van der Waals surface area contributed by atoms with Gasteiger partial charge in [0.25, 0.3) is 0 Å². The van der Waals surface area contributed by atoms with Crippen LogP contribution in [0.15, 0.2) is 22.7 Å². The average Bonchev–Trinajstić information content (AvgIpc) is 2.46. The molecule has 1 aromatic carbocycles. The van der Waals surface area contributed by atoms with Crippen molar-refractivity contribution in [2.75, 3.05) is 18.5 Å². The van der Waals surface area contributed by atoms with Gasteiger partial charge in [0, 0.05) is 22.6 Å². The second-order valence-electron chi connectivity index (χ2n) is 2.96. The lowest BCUT2D eigenvalue weighted by molar-refractivity contribution is 0.446. The highest BCUT2D eigenvalue weighted by molar-refractivity contribution is 9.10. The molecule has 0 aliphatic carbocycles. The second kappa shape index (κ2) is 3.05. The molecule has 0 fully saturated rings. The van der Waals surface area contributed by atoms with E-state index in [0.29, 0.717) is 0 Å². The molecule has 0 saturated carbocycles. The first-order valence-corrected chi connectivity index (χ1v) is 4.70. The number of alkyl halides is 1. The molecule has 0 radical (unpaired) electrons. The Kier molecular flexibility index (Phi) is 2.05. The van der Waals surface area contributed by atoms with Gasteiger partial charge in [-0.05, 0) is 23.8 Å². The molecule has 1 atom stereocenters. The van der Waals surface area contributed by atoms with E-state index in [-0.39, 0.29) is 12.6 Å². The van der Waals surface area contributed by atoms with E-state index in [1.807, 2.05) is 18.2 Å². The molecule has 1 unspecified atom stereocenters. The SMILES string of the molecule is FCC1CNc2ccc(Br)cc21. The lowest BCUT2D eigenvalue weighted by Gasteiger charge is -2.03. The van der Waals surface area contributed by atoms with Gasteiger partial charge < -0.3 is 5.32 Å². The van der Waals surface area contributed by atoms with Crippen LogP contribution in [0.2, 0.25) is 0 Å². The fraction of sp³-hybridized carbons (Fsp3) is 0.333. The molecule has 64 valence electrons. The van der Waals surface area contributed by atoms with Crippen LogP contribution in [0.3, 0.4) is 0 Å². The Morgan fingerprint density at radius 3 is 3.17 bits per heavy atom. The first kappa shape index (κ1) is 8.05. The highest BCUT2D eigenvalue weighted by atomic mass is 79.9. The van der Waals surface area contributed by atoms with Crippen LogP contribution in [0.25, 0.3) is 0 Å². The van der Waals surface area contributed by atoms with Crippen molar-refractivity contribution in [1.29, 1.82) is 0 Å². The highest BCUT2D eigenvalue weighted by Gasteiger charge is 2.21. The number of benzene rings is 1. The van der Waals surface area contributed by atoms with Gasteiger partial charge >= 0.3 is 0 Å². The smallest absolute Gasteiger partial charge is 0.0980 e. The third-order valence-corrected chi connectivity index (χ3v) is 2.67. The molecule has 0 aromatic heterocycles. The van der Waals surface area contributed by atoms with Crippen LogP contribution in [-0.2, 0) is 0 Å². The number of rotatable bonds is 1. The van der Waals surface area contributed by atoms with Crippen LogP contribution in [0.4, 0.5) is 10.1 Å². The number of anilines is 1. The second-order valence-corrected chi connectivity index (χ2v) is 3.88. The fourth-order valence-electron chi connectivity index (χ4n) is 1.51. The van der Waals surface area contributed by atoms with Crippen LogP contribution in [0, 0.1) is 0 Å². The number of hydrogen-bond acceptors (Lipinski definition) is 1. The normalized spacial score (nSPS) is 20.3. The van der Waals surface area contributed by atoms with Crippen LogP contribution < -0.4 is 5.32 Å². The number of fused-ring (bicyclic) bond motifs is 1. The van der Waals surface area contributed by atoms with Gasteiger partial charge in [-0.2, -0.15) is 0 Å². The van der Waals surface area contributed by atoms with E-state index in [1.54, 1.807) is 0 Å². The van der Waals surface area contributed by atoms with Gasteiger partial charge in [0.15, 0.2) is 0 Å². The Hall–Kier alpha value is -0.570. The fourth-order valence-corrected chi connectivity index (χ4v) is 1.89. The Morgan fingerprint density at radius 2 is 2.42 bits per heavy atom. The molecule has 1 aliphatic rings. The zero-order valence-electron chi connectivity index (χ0n) is 6.48. The first-order chi connectivity index (χ1) is 5.81. The summed E-state index contributed by atoms with van der Waals surface area (Å²) in [5, 5.41) is 3.17. The molecular weight excluding hydrogens is 221 g/mol. The summed E-state index contributed by atoms with van der Waals surface area (Å²) in [7, 11) is 0. The van der Waals surface area contributed by atoms with E-state index in [9.17, 15) is 4.39 Å². The maximum absolute atomic E-state index is 12.5. The quantitative estimate of drug-likeness (QED) is 0.782. The molecule has 1 N–H and O–H groups in total. The third-order valence-electron chi connectivity index (χ3n) is 2.18. The molecule has 0 bridgehead atoms. The number of nitrogens with one attached hydrogen (secondary N) is 1. The van der Waals surface area contributed by atoms with Gasteiger partial charge in [-0.3, -0.25) is 4.39 Å². The highest BCUT2D eigenvalue weighted by Crippen LogP contribution is 2.33. The number of halogens is 2. The summed E-state index contributed by atoms with van der Waals surface area (Å²) in [6.45, 7) is 0.443. The van der Waals surface area contributed by atoms with Gasteiger partial charge in [-0.25, -0.2) is 0 Å². The largest absolute Gasteiger partial charge is 0.384 e. The molecule has 1 nitrogen and oxygen atoms in total. The van der Waals surface area contributed by atoms with Gasteiger partial charge in [0.1, 0.15) is 0 Å². The number of hydrogen-bond donors (Lipinski definition) is 1. The molecule has 0 amide bonds. The van der Waals surface area contributed by atoms with Crippen molar-refractivity contribution in [3.63, 3.8) is 0 Å². The molecular formula is C9H9BrFN. The van der Waals surface area contributed by atoms with E-state index in [4.69, 9.17) is 0 Å². The summed E-state index contributed by atoms with van der Waals surface area (Å²) in [6, 6.07) is 5.93. The molecule has 0 saturated heterocycles. The Labute approximate surface area is 79.1 Å². The zero-order chi connectivity index (χ0) is 8.55. The van der Waals surface area contributed by atoms with Crippen molar-refractivity contribution in [1.82, 2.24) is 0 Å². The predicted octanol–water partition coefficient (Wildman–Crippen LogP) is 2.93. The van der Waals surface area contributed by atoms with E-state index >= 15 is 0 Å². The minimum Gasteiger partial charge on any atom is -0.384 e. The van der Waals surface area contributed by atoms with E-state index in [0.717, 1.165) is 22.3 Å². The van der Waals surface area contributed by atoms with Gasteiger partial charge in [-0.1, -0.05) is 15.9 Å². The minimum absolute atomic E-state index is 0.0394. The van der Waals surface area contributed by atoms with Crippen LogP contribution in [0.5, 0.6) is 0 Å². The van der Waals surface area contributed by atoms with E-state index in [1.165, 1.54) is 0 Å². The van der Waals surface area contributed by atoms with Crippen LogP contribution >= 0.6 is 15.9 Å². The summed E-state index contributed by atoms with van der Waals surface area (Å²) in [5.74, 6) is 0.0394. The Morgan fingerprint density at radius 1 is 1.58 bits per heavy atom. The van der Waals surface area contributed by atoms with Crippen molar-refractivity contribution in [2.24, 2.45) is 0 Å². The standard InChI is InChI=1S/C9H9BrFN/c10-7-1-2-9-8(3-7)6(4-11)5-12-9/h1-3,6,12H,4-5H2. The van der Waals surface area contributed by atoms with Gasteiger partial charge in [-0.15, -0.1) is 0 Å². The monoisotopic (exact) mass is 229 g/mol. The zero-order valence-corrected chi connectivity index (χ0v) is 8.07. The van der Waals surface area contributed by atoms with Crippen molar-refractivity contribution in [3.8, 4) is 0 Å². The van der Waals surface area contributed by atoms with Gasteiger partial charge in [0.2, 0.25) is 0 Å². The van der Waals surface area contributed by atoms with E-state index < -0.39 is 0 Å². The minimum atomic E-state index is -0.281. The topological polar surface area (TPSA) is 12.0 Å². The summed E-state index contributed by atoms with van der Waals surface area (Å²) in [4.78, 5) is 0. The van der Waals surface area contributed by atoms with Gasteiger partial charge in [0.05, 0.1) is 6.67 Å². The van der Waals surface area contributed by atoms with Crippen molar-refractivity contribution >= 4 is 21.6 Å². The first-order valence-electron chi connectivity index (χ1n) is 3.90. The average molecular weight is 230 g/mol. The maximum atomic E-state index is 12.5. The van der Waals surface area contributed by atoms with Crippen molar-refractivity contribution in [3.05, 3.63) is 28.2 Å². The summed E-state index contributed by atoms with van der Waals surface area (Å²) >= 11 is 3.37. The Balaban J connectivity index is 2.42. The summed E-state index contributed by atoms with van der Waals surface area (Å²) in [6.07, 6.45) is 0. The molecule has 12 heavy (non-hydrogen) atoms. The Bertz CT molecular complexity index is 301. The molecule has 2 rings (SSSR count). The van der Waals surface area contributed by atoms with Crippen LogP contribution in [0.1, 0.15) is 11.5 Å². The van der Waals surface area contributed by atoms with Crippen molar-refractivity contribution in [2.45, 2.75) is 5.92 Å². The molecule has 1 aromatic rings. The van der Waals surface area contributed by atoms with E-state index in [2.05, 4.69) is 21.2 Å². The molecule has 1 aliphatic heterocycles. The predicted molar refractivity (Wildman–Crippen MR) is 51.3 cm³/mol. The van der Waals surface area contributed by atoms with Crippen LogP contribution in [-0.4, -0.2) is 13.2 Å². The lowest BCUT2D eigenvalue weighted by atomic mass is 10.0.